The molecular formula is C23H25NO4. The molecule has 5 nitrogen and oxygen atoms in total. The number of ether oxygens (including phenoxy) is 2. The molecule has 28 heavy (non-hydrogen) atoms. The summed E-state index contributed by atoms with van der Waals surface area (Å²) >= 11 is 0. The monoisotopic (exact) mass is 379 g/mol. The number of carbonyl (C=O) groups excluding carboxylic acids is 1. The number of amides is 1. The van der Waals surface area contributed by atoms with E-state index in [2.05, 4.69) is 24.3 Å². The Labute approximate surface area is 164 Å². The van der Waals surface area contributed by atoms with Crippen LogP contribution in [0.3, 0.4) is 0 Å². The molecule has 0 radical (unpaired) electrons. The van der Waals surface area contributed by atoms with E-state index >= 15 is 0 Å². The standard InChI is InChI=1S/C23H25NO4/c1-27-23-11-22(12-23,15-25)13-24(14-23)21(26)28-10-20-18-8-4-2-6-16(18)17-7-3-5-9-19(17)20/h2-9,20,25H,10-15H2,1H3. The molecule has 2 aromatic rings. The molecule has 6 rings (SSSR count). The van der Waals surface area contributed by atoms with E-state index in [0.29, 0.717) is 19.7 Å². The van der Waals surface area contributed by atoms with Crippen molar-refractivity contribution in [3.63, 3.8) is 0 Å². The Morgan fingerprint density at radius 3 is 2.25 bits per heavy atom. The molecule has 2 bridgehead atoms. The first-order chi connectivity index (χ1) is 13.6. The molecule has 5 heteroatoms. The van der Waals surface area contributed by atoms with Gasteiger partial charge in [0, 0.05) is 25.0 Å². The van der Waals surface area contributed by atoms with E-state index in [1.165, 1.54) is 22.3 Å². The number of piperidine rings is 2. The van der Waals surface area contributed by atoms with Crippen molar-refractivity contribution in [1.29, 1.82) is 0 Å². The maximum atomic E-state index is 12.8. The van der Waals surface area contributed by atoms with Crippen LogP contribution in [0.25, 0.3) is 11.1 Å². The number of benzene rings is 2. The number of aliphatic hydroxyl groups is 1. The second kappa shape index (κ2) is 6.33. The number of fused-ring (bicyclic) bond motifs is 5. The van der Waals surface area contributed by atoms with Gasteiger partial charge in [0.1, 0.15) is 6.61 Å². The molecule has 1 N–H and O–H groups in total. The van der Waals surface area contributed by atoms with Gasteiger partial charge in [-0.2, -0.15) is 0 Å². The predicted octanol–water partition coefficient (Wildman–Crippen LogP) is 3.41. The van der Waals surface area contributed by atoms with E-state index in [1.54, 1.807) is 12.0 Å². The molecule has 0 unspecified atom stereocenters. The fourth-order valence-corrected chi connectivity index (χ4v) is 5.53. The highest BCUT2D eigenvalue weighted by molar-refractivity contribution is 5.79. The summed E-state index contributed by atoms with van der Waals surface area (Å²) in [6.07, 6.45) is 1.29. The second-order valence-electron chi connectivity index (χ2n) is 8.56. The van der Waals surface area contributed by atoms with Gasteiger partial charge < -0.3 is 19.5 Å². The lowest BCUT2D eigenvalue weighted by Gasteiger charge is -2.61. The quantitative estimate of drug-likeness (QED) is 0.885. The first kappa shape index (κ1) is 17.7. The minimum absolute atomic E-state index is 0.0545. The lowest BCUT2D eigenvalue weighted by molar-refractivity contribution is -0.213. The van der Waals surface area contributed by atoms with E-state index < -0.39 is 0 Å². The van der Waals surface area contributed by atoms with Gasteiger partial charge in [0.2, 0.25) is 0 Å². The van der Waals surface area contributed by atoms with Gasteiger partial charge in [-0.25, -0.2) is 4.79 Å². The molecule has 0 aromatic heterocycles. The van der Waals surface area contributed by atoms with Gasteiger partial charge in [0.25, 0.3) is 0 Å². The zero-order valence-corrected chi connectivity index (χ0v) is 16.1. The van der Waals surface area contributed by atoms with Crippen molar-refractivity contribution in [2.24, 2.45) is 5.41 Å². The van der Waals surface area contributed by atoms with Crippen LogP contribution < -0.4 is 0 Å². The summed E-state index contributed by atoms with van der Waals surface area (Å²) in [6, 6.07) is 16.6. The van der Waals surface area contributed by atoms with Gasteiger partial charge >= 0.3 is 6.09 Å². The molecule has 1 amide bonds. The van der Waals surface area contributed by atoms with Crippen LogP contribution in [0.4, 0.5) is 4.79 Å². The number of rotatable bonds is 4. The average Bonchev–Trinajstić information content (AvgIpc) is 3.05. The Balaban J connectivity index is 1.32. The molecule has 2 aliphatic heterocycles. The number of aliphatic hydroxyl groups excluding tert-OH is 1. The molecule has 0 spiro atoms. The third-order valence-corrected chi connectivity index (χ3v) is 6.76. The van der Waals surface area contributed by atoms with Gasteiger partial charge in [-0.05, 0) is 35.1 Å². The fourth-order valence-electron chi connectivity index (χ4n) is 5.53. The highest BCUT2D eigenvalue weighted by Crippen LogP contribution is 2.54. The maximum absolute atomic E-state index is 12.8. The Hall–Kier alpha value is -2.37. The summed E-state index contributed by atoms with van der Waals surface area (Å²) in [7, 11) is 1.68. The molecule has 2 heterocycles. The van der Waals surface area contributed by atoms with Gasteiger partial charge in [-0.3, -0.25) is 0 Å². The van der Waals surface area contributed by atoms with Gasteiger partial charge in [0.15, 0.2) is 0 Å². The molecule has 3 fully saturated rings. The number of hydrogen-bond donors (Lipinski definition) is 1. The van der Waals surface area contributed by atoms with Crippen molar-refractivity contribution in [3.8, 4) is 11.1 Å². The normalized spacial score (nSPS) is 27.7. The number of methoxy groups -OCH3 is 1. The first-order valence-corrected chi connectivity index (χ1v) is 9.85. The van der Waals surface area contributed by atoms with E-state index in [0.717, 1.165) is 12.8 Å². The topological polar surface area (TPSA) is 59.0 Å². The third-order valence-electron chi connectivity index (χ3n) is 6.76. The van der Waals surface area contributed by atoms with Crippen LogP contribution in [-0.4, -0.2) is 55.1 Å². The molecule has 1 saturated carbocycles. The van der Waals surface area contributed by atoms with Crippen LogP contribution >= 0.6 is 0 Å². The Bertz CT molecular complexity index is 855. The summed E-state index contributed by atoms with van der Waals surface area (Å²) in [4.78, 5) is 14.5. The van der Waals surface area contributed by atoms with Crippen molar-refractivity contribution in [2.45, 2.75) is 24.4 Å². The summed E-state index contributed by atoms with van der Waals surface area (Å²) in [6.45, 7) is 1.45. The van der Waals surface area contributed by atoms with E-state index in [4.69, 9.17) is 9.47 Å². The van der Waals surface area contributed by atoms with Crippen molar-refractivity contribution < 1.29 is 19.4 Å². The van der Waals surface area contributed by atoms with Crippen molar-refractivity contribution in [1.82, 2.24) is 4.90 Å². The average molecular weight is 379 g/mol. The number of carbonyl (C=O) groups is 1. The number of nitrogens with zero attached hydrogens (tertiary/aromatic N) is 1. The van der Waals surface area contributed by atoms with Crippen LogP contribution in [0, 0.1) is 5.41 Å². The zero-order valence-electron chi connectivity index (χ0n) is 16.1. The fraction of sp³-hybridized carbons (Fsp3) is 0.435. The zero-order chi connectivity index (χ0) is 19.4. The lowest BCUT2D eigenvalue weighted by atomic mass is 9.56. The van der Waals surface area contributed by atoms with Crippen LogP contribution in [0.1, 0.15) is 29.9 Å². The van der Waals surface area contributed by atoms with Crippen molar-refractivity contribution in [2.75, 3.05) is 33.4 Å². The summed E-state index contributed by atoms with van der Waals surface area (Å²) in [5.41, 5.74) is 4.29. The molecular weight excluding hydrogens is 354 g/mol. The van der Waals surface area contributed by atoms with Crippen LogP contribution in [0.5, 0.6) is 0 Å². The highest BCUT2D eigenvalue weighted by Gasteiger charge is 2.61. The number of hydrogen-bond acceptors (Lipinski definition) is 4. The highest BCUT2D eigenvalue weighted by atomic mass is 16.6. The maximum Gasteiger partial charge on any atom is 0.409 e. The van der Waals surface area contributed by atoms with Crippen LogP contribution in [0.15, 0.2) is 48.5 Å². The molecule has 2 aromatic carbocycles. The van der Waals surface area contributed by atoms with Gasteiger partial charge in [0.05, 0.1) is 18.8 Å². The third kappa shape index (κ3) is 2.57. The van der Waals surface area contributed by atoms with Gasteiger partial charge in [-0.15, -0.1) is 0 Å². The van der Waals surface area contributed by atoms with E-state index in [1.807, 2.05) is 24.3 Å². The Kier molecular flexibility index (Phi) is 4.00. The van der Waals surface area contributed by atoms with Gasteiger partial charge in [-0.1, -0.05) is 48.5 Å². The Morgan fingerprint density at radius 1 is 1.07 bits per heavy atom. The summed E-state index contributed by atoms with van der Waals surface area (Å²) < 4.78 is 11.4. The lowest BCUT2D eigenvalue weighted by Crippen LogP contribution is -2.70. The van der Waals surface area contributed by atoms with E-state index in [9.17, 15) is 9.90 Å². The molecule has 2 saturated heterocycles. The minimum Gasteiger partial charge on any atom is -0.448 e. The second-order valence-corrected chi connectivity index (χ2v) is 8.56. The largest absolute Gasteiger partial charge is 0.448 e. The molecule has 4 aliphatic rings. The molecule has 146 valence electrons. The van der Waals surface area contributed by atoms with Crippen molar-refractivity contribution >= 4 is 6.09 Å². The van der Waals surface area contributed by atoms with Crippen molar-refractivity contribution in [3.05, 3.63) is 59.7 Å². The smallest absolute Gasteiger partial charge is 0.409 e. The Morgan fingerprint density at radius 2 is 1.68 bits per heavy atom. The predicted molar refractivity (Wildman–Crippen MR) is 105 cm³/mol. The summed E-state index contributed by atoms with van der Waals surface area (Å²) in [5.74, 6) is 0.0545. The van der Waals surface area contributed by atoms with Crippen LogP contribution in [0.2, 0.25) is 0 Å². The SMILES string of the molecule is COC12CN(C(=O)OCC3c4ccccc4-c4ccccc43)CC(CO)(C1)C2. The van der Waals surface area contributed by atoms with E-state index in [-0.39, 0.29) is 29.6 Å². The summed E-state index contributed by atoms with van der Waals surface area (Å²) in [5, 5.41) is 9.78. The molecule has 2 aliphatic carbocycles. The minimum atomic E-state index is -0.327. The first-order valence-electron chi connectivity index (χ1n) is 9.85. The van der Waals surface area contributed by atoms with Crippen LogP contribution in [-0.2, 0) is 9.47 Å². The molecule has 0 atom stereocenters.